The van der Waals surface area contributed by atoms with Crippen molar-refractivity contribution in [1.29, 1.82) is 0 Å². The first-order valence-corrected chi connectivity index (χ1v) is 9.30. The zero-order valence-electron chi connectivity index (χ0n) is 13.9. The molecule has 1 aromatic heterocycles. The van der Waals surface area contributed by atoms with Gasteiger partial charge in [-0.25, -0.2) is 14.0 Å². The highest BCUT2D eigenvalue weighted by Gasteiger charge is 2.35. The van der Waals surface area contributed by atoms with Gasteiger partial charge in [0.25, 0.3) is 5.91 Å². The second-order valence-electron chi connectivity index (χ2n) is 6.25. The van der Waals surface area contributed by atoms with Gasteiger partial charge in [0.15, 0.2) is 0 Å². The molecule has 2 aromatic rings. The summed E-state index contributed by atoms with van der Waals surface area (Å²) >= 11 is 0. The number of ether oxygens (including phenoxy) is 1. The van der Waals surface area contributed by atoms with Gasteiger partial charge in [0, 0.05) is 11.5 Å². The molecule has 134 valence electrons. The number of aromatic nitrogens is 1. The van der Waals surface area contributed by atoms with Crippen molar-refractivity contribution in [2.45, 2.75) is 20.3 Å². The predicted octanol–water partition coefficient (Wildman–Crippen LogP) is 1.55. The molecule has 0 spiro atoms. The molecule has 25 heavy (non-hydrogen) atoms. The normalized spacial score (nSPS) is 16.4. The van der Waals surface area contributed by atoms with E-state index < -0.39 is 16.1 Å². The van der Waals surface area contributed by atoms with Gasteiger partial charge in [0.1, 0.15) is 12.3 Å². The lowest BCUT2D eigenvalue weighted by Crippen LogP contribution is -2.29. The van der Waals surface area contributed by atoms with E-state index in [-0.39, 0.29) is 18.0 Å². The zero-order valence-corrected chi connectivity index (χ0v) is 14.7. The predicted molar refractivity (Wildman–Crippen MR) is 92.8 cm³/mol. The van der Waals surface area contributed by atoms with Crippen LogP contribution in [0.1, 0.15) is 20.3 Å². The van der Waals surface area contributed by atoms with E-state index in [1.807, 2.05) is 4.72 Å². The summed E-state index contributed by atoms with van der Waals surface area (Å²) in [6.45, 7) is 4.34. The standard InChI is InChI=1S/C16H19N3O5S/c1-10(2)5-6-24-16-4-3-11-7-14(20)13(8-12(11)17-16)19-9-15(21)18-25(19,22)23/h3-4,7-8,10,20H,5-6,9H2,1-2H3,(H,18,21). The van der Waals surface area contributed by atoms with Gasteiger partial charge in [0.2, 0.25) is 5.88 Å². The average Bonchev–Trinajstić information content (AvgIpc) is 2.79. The molecule has 1 amide bonds. The molecule has 0 bridgehead atoms. The molecule has 1 aliphatic rings. The maximum absolute atomic E-state index is 12.0. The third-order valence-electron chi connectivity index (χ3n) is 3.79. The average molecular weight is 365 g/mol. The molecule has 1 aromatic carbocycles. The molecule has 0 radical (unpaired) electrons. The summed E-state index contributed by atoms with van der Waals surface area (Å²) in [5.41, 5.74) is 0.460. The van der Waals surface area contributed by atoms with Crippen molar-refractivity contribution in [3.63, 3.8) is 0 Å². The Labute approximate surface area is 145 Å². The number of aromatic hydroxyl groups is 1. The number of nitrogens with zero attached hydrogens (tertiary/aromatic N) is 2. The Morgan fingerprint density at radius 2 is 2.12 bits per heavy atom. The lowest BCUT2D eigenvalue weighted by molar-refractivity contribution is -0.117. The second-order valence-corrected chi connectivity index (χ2v) is 7.85. The number of carbonyl (C=O) groups excluding carboxylic acids is 1. The van der Waals surface area contributed by atoms with E-state index in [0.29, 0.717) is 29.3 Å². The van der Waals surface area contributed by atoms with Crippen LogP contribution in [0, 0.1) is 5.92 Å². The van der Waals surface area contributed by atoms with Crippen LogP contribution >= 0.6 is 0 Å². The van der Waals surface area contributed by atoms with Gasteiger partial charge in [-0.2, -0.15) is 8.42 Å². The van der Waals surface area contributed by atoms with Crippen LogP contribution in [0.3, 0.4) is 0 Å². The largest absolute Gasteiger partial charge is 0.506 e. The third-order valence-corrected chi connectivity index (χ3v) is 5.19. The number of carbonyl (C=O) groups is 1. The topological polar surface area (TPSA) is 109 Å². The Morgan fingerprint density at radius 3 is 2.76 bits per heavy atom. The molecule has 9 heteroatoms. The monoisotopic (exact) mass is 365 g/mol. The van der Waals surface area contributed by atoms with Crippen molar-refractivity contribution in [3.8, 4) is 11.6 Å². The van der Waals surface area contributed by atoms with Gasteiger partial charge in [0.05, 0.1) is 17.8 Å². The van der Waals surface area contributed by atoms with Crippen LogP contribution in [0.5, 0.6) is 11.6 Å². The maximum atomic E-state index is 12.0. The number of anilines is 1. The number of fused-ring (bicyclic) bond motifs is 1. The number of rotatable bonds is 5. The SMILES string of the molecule is CC(C)CCOc1ccc2cc(O)c(N3CC(=O)NS3(=O)=O)cc2n1. The van der Waals surface area contributed by atoms with E-state index in [1.54, 1.807) is 12.1 Å². The van der Waals surface area contributed by atoms with E-state index in [1.165, 1.54) is 12.1 Å². The lowest BCUT2D eigenvalue weighted by Gasteiger charge is -2.17. The van der Waals surface area contributed by atoms with Crippen LogP contribution in [0.25, 0.3) is 10.9 Å². The molecule has 2 N–H and O–H groups in total. The minimum absolute atomic E-state index is 0.00215. The Kier molecular flexibility index (Phi) is 4.42. The van der Waals surface area contributed by atoms with E-state index in [0.717, 1.165) is 10.7 Å². The summed E-state index contributed by atoms with van der Waals surface area (Å²) in [5.74, 6) is 0.0266. The van der Waals surface area contributed by atoms with Gasteiger partial charge in [-0.15, -0.1) is 0 Å². The fourth-order valence-electron chi connectivity index (χ4n) is 2.47. The first kappa shape index (κ1) is 17.3. The molecule has 1 fully saturated rings. The second kappa shape index (κ2) is 6.40. The van der Waals surface area contributed by atoms with Crippen LogP contribution in [-0.2, 0) is 15.0 Å². The minimum Gasteiger partial charge on any atom is -0.506 e. The molecule has 3 rings (SSSR count). The highest BCUT2D eigenvalue weighted by atomic mass is 32.2. The number of nitrogens with one attached hydrogen (secondary N) is 1. The summed E-state index contributed by atoms with van der Waals surface area (Å²) in [6.07, 6.45) is 0.889. The van der Waals surface area contributed by atoms with E-state index in [2.05, 4.69) is 18.8 Å². The van der Waals surface area contributed by atoms with Gasteiger partial charge >= 0.3 is 10.2 Å². The van der Waals surface area contributed by atoms with Gasteiger partial charge < -0.3 is 9.84 Å². The van der Waals surface area contributed by atoms with Crippen LogP contribution in [0.15, 0.2) is 24.3 Å². The molecule has 0 aliphatic carbocycles. The van der Waals surface area contributed by atoms with Crippen LogP contribution in [0.2, 0.25) is 0 Å². The number of amides is 1. The first-order chi connectivity index (χ1) is 11.8. The zero-order chi connectivity index (χ0) is 18.2. The molecular formula is C16H19N3O5S. The number of benzene rings is 1. The Hall–Kier alpha value is -2.55. The van der Waals surface area contributed by atoms with E-state index in [4.69, 9.17) is 4.74 Å². The highest BCUT2D eigenvalue weighted by Crippen LogP contribution is 2.34. The summed E-state index contributed by atoms with van der Waals surface area (Å²) < 4.78 is 32.2. The fraction of sp³-hybridized carbons (Fsp3) is 0.375. The highest BCUT2D eigenvalue weighted by molar-refractivity contribution is 7.92. The van der Waals surface area contributed by atoms with E-state index in [9.17, 15) is 18.3 Å². The summed E-state index contributed by atoms with van der Waals surface area (Å²) in [6, 6.07) is 6.27. The number of hydrogen-bond donors (Lipinski definition) is 2. The summed E-state index contributed by atoms with van der Waals surface area (Å²) in [7, 11) is -4.00. The van der Waals surface area contributed by atoms with Crippen molar-refractivity contribution in [1.82, 2.24) is 9.71 Å². The Balaban J connectivity index is 1.95. The van der Waals surface area contributed by atoms with Crippen LogP contribution < -0.4 is 13.8 Å². The van der Waals surface area contributed by atoms with Crippen molar-refractivity contribution in [2.75, 3.05) is 17.5 Å². The smallest absolute Gasteiger partial charge is 0.326 e. The van der Waals surface area contributed by atoms with E-state index >= 15 is 0 Å². The Bertz CT molecular complexity index is 927. The molecule has 0 atom stereocenters. The third kappa shape index (κ3) is 3.60. The van der Waals surface area contributed by atoms with Crippen molar-refractivity contribution in [3.05, 3.63) is 24.3 Å². The number of phenolic OH excluding ortho intramolecular Hbond substituents is 1. The summed E-state index contributed by atoms with van der Waals surface area (Å²) in [5, 5.41) is 10.8. The molecule has 1 aliphatic heterocycles. The fourth-order valence-corrected chi connectivity index (χ4v) is 3.62. The minimum atomic E-state index is -4.00. The van der Waals surface area contributed by atoms with Crippen molar-refractivity contribution < 1.29 is 23.1 Å². The molecule has 2 heterocycles. The van der Waals surface area contributed by atoms with Gasteiger partial charge in [-0.3, -0.25) is 4.79 Å². The number of hydrogen-bond acceptors (Lipinski definition) is 6. The quantitative estimate of drug-likeness (QED) is 0.832. The molecule has 8 nitrogen and oxygen atoms in total. The molecule has 0 unspecified atom stereocenters. The summed E-state index contributed by atoms with van der Waals surface area (Å²) in [4.78, 5) is 15.7. The van der Waals surface area contributed by atoms with Gasteiger partial charge in [-0.1, -0.05) is 13.8 Å². The lowest BCUT2D eigenvalue weighted by atomic mass is 10.1. The number of phenols is 1. The van der Waals surface area contributed by atoms with Crippen molar-refractivity contribution >= 4 is 32.7 Å². The van der Waals surface area contributed by atoms with Gasteiger partial charge in [-0.05, 0) is 30.5 Å². The van der Waals surface area contributed by atoms with Crippen molar-refractivity contribution in [2.24, 2.45) is 5.92 Å². The first-order valence-electron chi connectivity index (χ1n) is 7.86. The van der Waals surface area contributed by atoms with Crippen LogP contribution in [0.4, 0.5) is 5.69 Å². The van der Waals surface area contributed by atoms with Crippen LogP contribution in [-0.4, -0.2) is 37.6 Å². The Morgan fingerprint density at radius 1 is 1.36 bits per heavy atom. The number of pyridine rings is 1. The maximum Gasteiger partial charge on any atom is 0.326 e. The molecule has 1 saturated heterocycles. The molecule has 0 saturated carbocycles. The molecular weight excluding hydrogens is 346 g/mol.